The molecule has 37 heavy (non-hydrogen) atoms. The molecule has 0 bridgehead atoms. The highest BCUT2D eigenvalue weighted by atomic mass is 32.2. The van der Waals surface area contributed by atoms with Crippen LogP contribution in [0.5, 0.6) is 0 Å². The Morgan fingerprint density at radius 3 is 2.68 bits per heavy atom. The standard InChI is InChI=1S/C27H29N7O2S/c1-5-10-34-16-20(12-30-34)27-28-9-8-25(32-27)31-26-11-22-21(18(2)3)6-7-24(23(22)13-29-26)33-14-19(15-33)17-37(4,35)36/h1,6-9,11-13,16,18-19H,10,14-15,17H2,2-4H3,(H,28,29,31,32). The van der Waals surface area contributed by atoms with E-state index in [0.29, 0.717) is 29.9 Å². The molecule has 0 spiro atoms. The summed E-state index contributed by atoms with van der Waals surface area (Å²) in [6.07, 6.45) is 13.8. The smallest absolute Gasteiger partial charge is 0.164 e. The van der Waals surface area contributed by atoms with E-state index in [1.165, 1.54) is 11.8 Å². The zero-order chi connectivity index (χ0) is 26.2. The SMILES string of the molecule is C#CCn1cc(-c2nccc(Nc3cc4c(C(C)C)ccc(N5CC(CS(C)(=O)=O)C5)c4cn3)n2)cn1. The first-order valence-corrected chi connectivity index (χ1v) is 14.2. The highest BCUT2D eigenvalue weighted by molar-refractivity contribution is 7.90. The molecule has 1 fully saturated rings. The quantitative estimate of drug-likeness (QED) is 0.353. The monoisotopic (exact) mass is 515 g/mol. The van der Waals surface area contributed by atoms with E-state index in [2.05, 4.69) is 68.2 Å². The Hall–Kier alpha value is -3.97. The summed E-state index contributed by atoms with van der Waals surface area (Å²) in [5, 5.41) is 9.72. The van der Waals surface area contributed by atoms with Crippen LogP contribution in [-0.2, 0) is 16.4 Å². The number of nitrogens with one attached hydrogen (secondary N) is 1. The molecular formula is C27H29N7O2S. The van der Waals surface area contributed by atoms with Crippen LogP contribution in [0.25, 0.3) is 22.2 Å². The Bertz CT molecular complexity index is 1600. The lowest BCUT2D eigenvalue weighted by atomic mass is 9.93. The third-order valence-electron chi connectivity index (χ3n) is 6.43. The van der Waals surface area contributed by atoms with Crippen molar-refractivity contribution in [2.75, 3.05) is 35.3 Å². The molecule has 5 rings (SSSR count). The molecule has 0 radical (unpaired) electrons. The Kier molecular flexibility index (Phi) is 6.56. The summed E-state index contributed by atoms with van der Waals surface area (Å²) in [7, 11) is -2.98. The van der Waals surface area contributed by atoms with Crippen LogP contribution in [0.3, 0.4) is 0 Å². The van der Waals surface area contributed by atoms with E-state index >= 15 is 0 Å². The molecule has 9 nitrogen and oxygen atoms in total. The number of aromatic nitrogens is 5. The van der Waals surface area contributed by atoms with Crippen LogP contribution >= 0.6 is 0 Å². The summed E-state index contributed by atoms with van der Waals surface area (Å²) < 4.78 is 25.0. The van der Waals surface area contributed by atoms with Crippen LogP contribution in [0, 0.1) is 18.3 Å². The molecule has 0 saturated carbocycles. The lowest BCUT2D eigenvalue weighted by molar-refractivity contribution is 0.445. The van der Waals surface area contributed by atoms with Crippen molar-refractivity contribution in [2.45, 2.75) is 26.3 Å². The van der Waals surface area contributed by atoms with Gasteiger partial charge in [-0.25, -0.2) is 23.4 Å². The van der Waals surface area contributed by atoms with Crippen molar-refractivity contribution >= 4 is 37.9 Å². The number of benzene rings is 1. The van der Waals surface area contributed by atoms with Gasteiger partial charge in [0.2, 0.25) is 0 Å². The number of terminal acetylenes is 1. The highest BCUT2D eigenvalue weighted by Gasteiger charge is 2.31. The second-order valence-electron chi connectivity index (χ2n) is 9.83. The third kappa shape index (κ3) is 5.42. The number of nitrogens with zero attached hydrogens (tertiary/aromatic N) is 6. The second kappa shape index (κ2) is 9.82. The topological polar surface area (TPSA) is 106 Å². The maximum absolute atomic E-state index is 11.7. The van der Waals surface area contributed by atoms with Crippen molar-refractivity contribution in [3.8, 4) is 23.7 Å². The molecule has 4 heterocycles. The number of hydrogen-bond donors (Lipinski definition) is 1. The zero-order valence-electron chi connectivity index (χ0n) is 21.1. The molecule has 1 aromatic carbocycles. The summed E-state index contributed by atoms with van der Waals surface area (Å²) >= 11 is 0. The summed E-state index contributed by atoms with van der Waals surface area (Å²) in [6, 6.07) is 8.13. The molecule has 0 aliphatic carbocycles. The van der Waals surface area contributed by atoms with Crippen molar-refractivity contribution in [1.29, 1.82) is 0 Å². The number of pyridine rings is 1. The minimum Gasteiger partial charge on any atom is -0.370 e. The van der Waals surface area contributed by atoms with Crippen molar-refractivity contribution in [3.05, 3.63) is 54.6 Å². The van der Waals surface area contributed by atoms with E-state index < -0.39 is 9.84 Å². The van der Waals surface area contributed by atoms with E-state index in [0.717, 1.165) is 35.1 Å². The fourth-order valence-electron chi connectivity index (χ4n) is 4.75. The van der Waals surface area contributed by atoms with Gasteiger partial charge >= 0.3 is 0 Å². The molecule has 1 N–H and O–H groups in total. The number of anilines is 3. The highest BCUT2D eigenvalue weighted by Crippen LogP contribution is 2.37. The minimum atomic E-state index is -2.98. The van der Waals surface area contributed by atoms with E-state index in [-0.39, 0.29) is 11.7 Å². The van der Waals surface area contributed by atoms with Gasteiger partial charge in [-0.1, -0.05) is 25.8 Å². The van der Waals surface area contributed by atoms with Crippen molar-refractivity contribution in [2.24, 2.45) is 5.92 Å². The predicted octanol–water partition coefficient (Wildman–Crippen LogP) is 3.87. The van der Waals surface area contributed by atoms with Gasteiger partial charge in [0.05, 0.1) is 17.5 Å². The van der Waals surface area contributed by atoms with Gasteiger partial charge < -0.3 is 10.2 Å². The molecule has 190 valence electrons. The lowest BCUT2D eigenvalue weighted by Gasteiger charge is -2.41. The van der Waals surface area contributed by atoms with E-state index in [4.69, 9.17) is 6.42 Å². The maximum Gasteiger partial charge on any atom is 0.164 e. The maximum atomic E-state index is 11.7. The van der Waals surface area contributed by atoms with Crippen molar-refractivity contribution < 1.29 is 8.42 Å². The third-order valence-corrected chi connectivity index (χ3v) is 7.50. The number of sulfone groups is 1. The van der Waals surface area contributed by atoms with Crippen LogP contribution in [-0.4, -0.2) is 58.2 Å². The van der Waals surface area contributed by atoms with Crippen LogP contribution in [0.1, 0.15) is 25.3 Å². The predicted molar refractivity (Wildman–Crippen MR) is 147 cm³/mol. The van der Waals surface area contributed by atoms with E-state index in [9.17, 15) is 8.42 Å². The summed E-state index contributed by atoms with van der Waals surface area (Å²) in [5.41, 5.74) is 3.08. The first kappa shape index (κ1) is 24.7. The van der Waals surface area contributed by atoms with Gasteiger partial charge in [-0.05, 0) is 35.1 Å². The normalized spacial score (nSPS) is 14.1. The number of fused-ring (bicyclic) bond motifs is 1. The van der Waals surface area contributed by atoms with Crippen LogP contribution in [0.15, 0.2) is 49.1 Å². The van der Waals surface area contributed by atoms with Gasteiger partial charge in [0.15, 0.2) is 5.82 Å². The van der Waals surface area contributed by atoms with Gasteiger partial charge in [0.25, 0.3) is 0 Å². The van der Waals surface area contributed by atoms with Crippen molar-refractivity contribution in [1.82, 2.24) is 24.7 Å². The van der Waals surface area contributed by atoms with Gasteiger partial charge in [0, 0.05) is 54.9 Å². The molecule has 4 aromatic rings. The summed E-state index contributed by atoms with van der Waals surface area (Å²) in [5.74, 6) is 5.11. The van der Waals surface area contributed by atoms with Gasteiger partial charge in [-0.3, -0.25) is 4.68 Å². The van der Waals surface area contributed by atoms with Crippen LogP contribution in [0.2, 0.25) is 0 Å². The molecule has 1 aliphatic rings. The van der Waals surface area contributed by atoms with Gasteiger partial charge in [-0.2, -0.15) is 5.10 Å². The molecule has 3 aromatic heterocycles. The molecule has 1 saturated heterocycles. The van der Waals surface area contributed by atoms with Crippen LogP contribution in [0.4, 0.5) is 17.3 Å². The average molecular weight is 516 g/mol. The van der Waals surface area contributed by atoms with E-state index in [1.807, 2.05) is 12.4 Å². The van der Waals surface area contributed by atoms with Gasteiger partial charge in [0.1, 0.15) is 28.0 Å². The molecule has 0 unspecified atom stereocenters. The Morgan fingerprint density at radius 2 is 1.95 bits per heavy atom. The molecule has 10 heteroatoms. The summed E-state index contributed by atoms with van der Waals surface area (Å²) in [4.78, 5) is 15.9. The fraction of sp³-hybridized carbons (Fsp3) is 0.333. The lowest BCUT2D eigenvalue weighted by Crippen LogP contribution is -2.49. The number of hydrogen-bond acceptors (Lipinski definition) is 8. The number of rotatable bonds is 8. The Balaban J connectivity index is 1.42. The molecular weight excluding hydrogens is 486 g/mol. The molecule has 0 amide bonds. The Morgan fingerprint density at radius 1 is 1.14 bits per heavy atom. The first-order chi connectivity index (χ1) is 17.7. The zero-order valence-corrected chi connectivity index (χ0v) is 21.9. The van der Waals surface area contributed by atoms with E-state index in [1.54, 1.807) is 23.1 Å². The first-order valence-electron chi connectivity index (χ1n) is 12.1. The second-order valence-corrected chi connectivity index (χ2v) is 12.0. The summed E-state index contributed by atoms with van der Waals surface area (Å²) in [6.45, 7) is 6.18. The Labute approximate surface area is 216 Å². The van der Waals surface area contributed by atoms with Crippen LogP contribution < -0.4 is 10.2 Å². The fourth-order valence-corrected chi connectivity index (χ4v) is 5.82. The van der Waals surface area contributed by atoms with Gasteiger partial charge in [-0.15, -0.1) is 6.42 Å². The van der Waals surface area contributed by atoms with Crippen molar-refractivity contribution in [3.63, 3.8) is 0 Å². The average Bonchev–Trinajstić information content (AvgIpc) is 3.29. The largest absolute Gasteiger partial charge is 0.370 e. The molecule has 0 atom stereocenters. The minimum absolute atomic E-state index is 0.161. The molecule has 1 aliphatic heterocycles.